The molecule has 1 heterocycles. The van der Waals surface area contributed by atoms with E-state index in [2.05, 4.69) is 15.9 Å². The second kappa shape index (κ2) is 8.17. The fourth-order valence-corrected chi connectivity index (χ4v) is 4.28. The Morgan fingerprint density at radius 3 is 2.64 bits per heavy atom. The number of amides is 1. The van der Waals surface area contributed by atoms with Gasteiger partial charge < -0.3 is 4.74 Å². The number of carbonyl (C=O) groups is 1. The van der Waals surface area contributed by atoms with E-state index in [1.165, 1.54) is 11.8 Å². The monoisotopic (exact) mass is 433 g/mol. The Balaban J connectivity index is 1.73. The number of rotatable bonds is 5. The summed E-state index contributed by atoms with van der Waals surface area (Å²) < 4.78 is 7.31. The molecule has 0 unspecified atom stereocenters. The van der Waals surface area contributed by atoms with Gasteiger partial charge in [-0.05, 0) is 52.2 Å². The number of likely N-dealkylation sites (N-methyl/N-ethyl adjacent to an activating group) is 1. The average Bonchev–Trinajstić information content (AvgIpc) is 2.88. The molecule has 0 aliphatic carbocycles. The maximum absolute atomic E-state index is 12.3. The molecule has 0 saturated carbocycles. The van der Waals surface area contributed by atoms with Crippen molar-refractivity contribution in [2.75, 3.05) is 6.54 Å². The molecule has 1 amide bonds. The second-order valence-corrected chi connectivity index (χ2v) is 7.92. The topological polar surface area (TPSA) is 29.5 Å². The van der Waals surface area contributed by atoms with Crippen LogP contribution in [0.1, 0.15) is 18.1 Å². The Hall–Kier alpha value is -1.63. The Kier molecular flexibility index (Phi) is 5.93. The van der Waals surface area contributed by atoms with Crippen LogP contribution in [0, 0.1) is 0 Å². The lowest BCUT2D eigenvalue weighted by atomic mass is 10.2. The molecule has 2 aromatic carbocycles. The minimum Gasteiger partial charge on any atom is -0.488 e. The summed E-state index contributed by atoms with van der Waals surface area (Å²) in [4.78, 5) is 14.5. The van der Waals surface area contributed by atoms with Crippen molar-refractivity contribution >= 4 is 56.2 Å². The molecule has 25 heavy (non-hydrogen) atoms. The summed E-state index contributed by atoms with van der Waals surface area (Å²) in [7, 11) is 0. The molecule has 0 atom stereocenters. The second-order valence-electron chi connectivity index (χ2n) is 5.39. The molecule has 2 aromatic rings. The number of benzene rings is 2. The molecule has 6 heteroatoms. The van der Waals surface area contributed by atoms with Crippen LogP contribution in [0.4, 0.5) is 0 Å². The highest BCUT2D eigenvalue weighted by molar-refractivity contribution is 9.10. The number of nitrogens with zero attached hydrogens (tertiary/aromatic N) is 1. The van der Waals surface area contributed by atoms with Crippen molar-refractivity contribution in [3.05, 3.63) is 69.0 Å². The molecular weight excluding hydrogens is 418 g/mol. The zero-order valence-corrected chi connectivity index (χ0v) is 16.8. The molecule has 3 rings (SSSR count). The smallest absolute Gasteiger partial charge is 0.266 e. The van der Waals surface area contributed by atoms with Gasteiger partial charge in [0.1, 0.15) is 16.7 Å². The van der Waals surface area contributed by atoms with Gasteiger partial charge >= 0.3 is 0 Å². The highest BCUT2D eigenvalue weighted by atomic mass is 79.9. The summed E-state index contributed by atoms with van der Waals surface area (Å²) in [6.07, 6.45) is 1.86. The van der Waals surface area contributed by atoms with Crippen LogP contribution in [0.25, 0.3) is 6.08 Å². The van der Waals surface area contributed by atoms with Crippen molar-refractivity contribution in [3.63, 3.8) is 0 Å². The van der Waals surface area contributed by atoms with Crippen molar-refractivity contribution in [3.8, 4) is 5.75 Å². The largest absolute Gasteiger partial charge is 0.488 e. The predicted molar refractivity (Wildman–Crippen MR) is 110 cm³/mol. The molecule has 1 fully saturated rings. The summed E-state index contributed by atoms with van der Waals surface area (Å²) in [5.41, 5.74) is 2.04. The first kappa shape index (κ1) is 18.2. The fourth-order valence-electron chi connectivity index (χ4n) is 2.38. The highest BCUT2D eigenvalue weighted by Gasteiger charge is 2.30. The van der Waals surface area contributed by atoms with Gasteiger partial charge in [-0.1, -0.05) is 60.4 Å². The lowest BCUT2D eigenvalue weighted by Crippen LogP contribution is -2.27. The van der Waals surface area contributed by atoms with Crippen molar-refractivity contribution in [2.24, 2.45) is 0 Å². The molecule has 1 aliphatic heterocycles. The maximum Gasteiger partial charge on any atom is 0.266 e. The Bertz CT molecular complexity index is 837. The van der Waals surface area contributed by atoms with Gasteiger partial charge in [-0.25, -0.2) is 0 Å². The molecule has 0 aromatic heterocycles. The SMILES string of the molecule is CCN1C(=O)/C(=C/c2ccc(OCc3ccccc3)c(Br)c2)SC1=S. The van der Waals surface area contributed by atoms with Gasteiger partial charge in [-0.3, -0.25) is 9.69 Å². The average molecular weight is 434 g/mol. The van der Waals surface area contributed by atoms with Crippen molar-refractivity contribution in [2.45, 2.75) is 13.5 Å². The van der Waals surface area contributed by atoms with Gasteiger partial charge in [0.05, 0.1) is 9.38 Å². The zero-order chi connectivity index (χ0) is 17.8. The lowest BCUT2D eigenvalue weighted by Gasteiger charge is -2.10. The van der Waals surface area contributed by atoms with E-state index in [1.54, 1.807) is 4.90 Å². The molecule has 0 radical (unpaired) electrons. The standard InChI is InChI=1S/C19H16BrNO2S2/c1-2-21-18(22)17(25-19(21)24)11-14-8-9-16(15(20)10-14)23-12-13-6-4-3-5-7-13/h3-11H,2,12H2,1H3/b17-11-. The minimum atomic E-state index is -0.0296. The fraction of sp³-hybridized carbons (Fsp3) is 0.158. The lowest BCUT2D eigenvalue weighted by molar-refractivity contribution is -0.121. The summed E-state index contributed by atoms with van der Waals surface area (Å²) in [6, 6.07) is 15.8. The van der Waals surface area contributed by atoms with Crippen molar-refractivity contribution in [1.29, 1.82) is 0 Å². The first-order valence-corrected chi connectivity index (χ1v) is 9.82. The number of ether oxygens (including phenoxy) is 1. The Labute approximate surface area is 165 Å². The third kappa shape index (κ3) is 4.32. The van der Waals surface area contributed by atoms with Crippen LogP contribution in [-0.2, 0) is 11.4 Å². The van der Waals surface area contributed by atoms with Gasteiger partial charge in [0.2, 0.25) is 0 Å². The number of carbonyl (C=O) groups excluding carboxylic acids is 1. The molecule has 1 aliphatic rings. The van der Waals surface area contributed by atoms with E-state index in [0.717, 1.165) is 21.3 Å². The minimum absolute atomic E-state index is 0.0296. The van der Waals surface area contributed by atoms with E-state index < -0.39 is 0 Å². The molecule has 128 valence electrons. The number of hydrogen-bond acceptors (Lipinski definition) is 4. The van der Waals surface area contributed by atoms with Crippen LogP contribution in [0.3, 0.4) is 0 Å². The van der Waals surface area contributed by atoms with Crippen LogP contribution in [0.15, 0.2) is 57.9 Å². The van der Waals surface area contributed by atoms with Crippen LogP contribution in [-0.4, -0.2) is 21.7 Å². The molecule has 0 spiro atoms. The number of thioether (sulfide) groups is 1. The van der Waals surface area contributed by atoms with Gasteiger partial charge in [0.25, 0.3) is 5.91 Å². The normalized spacial score (nSPS) is 15.9. The summed E-state index contributed by atoms with van der Waals surface area (Å²) >= 11 is 10.1. The molecule has 1 saturated heterocycles. The van der Waals surface area contributed by atoms with Crippen LogP contribution < -0.4 is 4.74 Å². The molecule has 3 nitrogen and oxygen atoms in total. The number of halogens is 1. The third-order valence-electron chi connectivity index (χ3n) is 3.68. The van der Waals surface area contributed by atoms with E-state index in [9.17, 15) is 4.79 Å². The summed E-state index contributed by atoms with van der Waals surface area (Å²) in [5.74, 6) is 0.736. The van der Waals surface area contributed by atoms with Crippen molar-refractivity contribution < 1.29 is 9.53 Å². The van der Waals surface area contributed by atoms with Crippen LogP contribution in [0.2, 0.25) is 0 Å². The number of thiocarbonyl (C=S) groups is 1. The molecule has 0 bridgehead atoms. The predicted octanol–water partition coefficient (Wildman–Crippen LogP) is 5.25. The first-order valence-electron chi connectivity index (χ1n) is 7.80. The van der Waals surface area contributed by atoms with E-state index in [-0.39, 0.29) is 5.91 Å². The van der Waals surface area contributed by atoms with Crippen LogP contribution in [0.5, 0.6) is 5.75 Å². The highest BCUT2D eigenvalue weighted by Crippen LogP contribution is 2.34. The zero-order valence-electron chi connectivity index (χ0n) is 13.6. The molecule has 0 N–H and O–H groups in total. The van der Waals surface area contributed by atoms with E-state index in [1.807, 2.05) is 61.5 Å². The van der Waals surface area contributed by atoms with E-state index >= 15 is 0 Å². The first-order chi connectivity index (χ1) is 12.1. The van der Waals surface area contributed by atoms with Crippen LogP contribution >= 0.6 is 39.9 Å². The van der Waals surface area contributed by atoms with Gasteiger partial charge in [-0.2, -0.15) is 0 Å². The van der Waals surface area contributed by atoms with Crippen molar-refractivity contribution in [1.82, 2.24) is 4.90 Å². The summed E-state index contributed by atoms with van der Waals surface area (Å²) in [5, 5.41) is 0. The van der Waals surface area contributed by atoms with E-state index in [4.69, 9.17) is 17.0 Å². The summed E-state index contributed by atoms with van der Waals surface area (Å²) in [6.45, 7) is 3.02. The quantitative estimate of drug-likeness (QED) is 0.475. The van der Waals surface area contributed by atoms with Gasteiger partial charge in [0.15, 0.2) is 0 Å². The Morgan fingerprint density at radius 1 is 1.24 bits per heavy atom. The van der Waals surface area contributed by atoms with Gasteiger partial charge in [-0.15, -0.1) is 0 Å². The number of hydrogen-bond donors (Lipinski definition) is 0. The molecular formula is C19H16BrNO2S2. The Morgan fingerprint density at radius 2 is 2.00 bits per heavy atom. The maximum atomic E-state index is 12.3. The van der Waals surface area contributed by atoms with Gasteiger partial charge in [0, 0.05) is 6.54 Å². The third-order valence-corrected chi connectivity index (χ3v) is 5.68. The van der Waals surface area contributed by atoms with E-state index in [0.29, 0.717) is 22.4 Å².